The number of halogens is 5. The molecule has 0 saturated carbocycles. The molecule has 0 amide bonds. The molecule has 0 saturated heterocycles. The number of nitrogens with zero attached hydrogens (tertiary/aromatic N) is 2. The average Bonchev–Trinajstić information content (AvgIpc) is 3.09. The van der Waals surface area contributed by atoms with Crippen molar-refractivity contribution in [3.8, 4) is 0 Å². The molecule has 158 valence electrons. The normalized spacial score (nSPS) is 19.4. The first kappa shape index (κ1) is 21.9. The van der Waals surface area contributed by atoms with Crippen LogP contribution in [0.3, 0.4) is 0 Å². The minimum atomic E-state index is -4.83. The van der Waals surface area contributed by atoms with Crippen LogP contribution >= 0.6 is 23.2 Å². The molecule has 1 aliphatic heterocycles. The maximum absolute atomic E-state index is 14.0. The van der Waals surface area contributed by atoms with Gasteiger partial charge in [-0.2, -0.15) is 13.2 Å². The molecule has 2 N–H and O–H groups in total. The van der Waals surface area contributed by atoms with Crippen LogP contribution in [0.2, 0.25) is 10.0 Å². The number of carboxylic acids is 1. The molecule has 3 rings (SSSR count). The van der Waals surface area contributed by atoms with Gasteiger partial charge in [-0.15, -0.1) is 0 Å². The number of hydrogen-bond donors (Lipinski definition) is 2. The first-order chi connectivity index (χ1) is 14.0. The van der Waals surface area contributed by atoms with Crippen molar-refractivity contribution in [3.05, 3.63) is 68.7 Å². The third-order valence-electron chi connectivity index (χ3n) is 4.63. The van der Waals surface area contributed by atoms with Crippen molar-refractivity contribution in [3.63, 3.8) is 0 Å². The monoisotopic (exact) mass is 460 g/mol. The lowest BCUT2D eigenvalue weighted by Gasteiger charge is -2.29. The minimum Gasteiger partial charge on any atom is -0.476 e. The van der Waals surface area contributed by atoms with Crippen molar-refractivity contribution < 1.29 is 33.1 Å². The Morgan fingerprint density at radius 1 is 1.20 bits per heavy atom. The Morgan fingerprint density at radius 2 is 1.83 bits per heavy atom. The summed E-state index contributed by atoms with van der Waals surface area (Å²) >= 11 is 11.8. The zero-order valence-electron chi connectivity index (χ0n) is 15.2. The Balaban J connectivity index is 2.01. The molecule has 1 heterocycles. The number of aliphatic carboxylic acids is 1. The number of carboxylic acid groups (broad SMARTS) is 1. The van der Waals surface area contributed by atoms with Gasteiger partial charge in [0.25, 0.3) is 5.60 Å². The van der Waals surface area contributed by atoms with E-state index in [0.717, 1.165) is 12.1 Å². The zero-order chi connectivity index (χ0) is 22.3. The minimum absolute atomic E-state index is 0.00381. The smallest absolute Gasteiger partial charge is 0.435 e. The highest BCUT2D eigenvalue weighted by Crippen LogP contribution is 2.49. The molecule has 0 aromatic heterocycles. The van der Waals surface area contributed by atoms with Gasteiger partial charge in [0.1, 0.15) is 0 Å². The van der Waals surface area contributed by atoms with Gasteiger partial charge in [0.05, 0.1) is 5.71 Å². The van der Waals surface area contributed by atoms with Gasteiger partial charge in [-0.3, -0.25) is 0 Å². The van der Waals surface area contributed by atoms with Gasteiger partial charge >= 0.3 is 12.1 Å². The Labute approximate surface area is 178 Å². The van der Waals surface area contributed by atoms with Crippen LogP contribution in [0, 0.1) is 6.92 Å². The molecule has 1 atom stereocenters. The number of oxime groups is 2. The molecule has 0 fully saturated rings. The number of hydrogen-bond acceptors (Lipinski definition) is 5. The van der Waals surface area contributed by atoms with Crippen LogP contribution < -0.4 is 0 Å². The van der Waals surface area contributed by atoms with E-state index in [1.54, 1.807) is 0 Å². The van der Waals surface area contributed by atoms with Crippen LogP contribution in [-0.4, -0.2) is 33.9 Å². The molecular formula is C19H13Cl2F3N2O4. The van der Waals surface area contributed by atoms with E-state index >= 15 is 0 Å². The van der Waals surface area contributed by atoms with E-state index in [1.807, 2.05) is 0 Å². The Morgan fingerprint density at radius 3 is 2.33 bits per heavy atom. The second-order valence-corrected chi connectivity index (χ2v) is 7.45. The SMILES string of the molecule is Cc1cc(C2=NOC(c3cc(Cl)cc(Cl)c3)(C(F)(F)F)C2)ccc1/C(=N\O)C(=O)O. The van der Waals surface area contributed by atoms with E-state index in [4.69, 9.17) is 38.4 Å². The van der Waals surface area contributed by atoms with Gasteiger partial charge < -0.3 is 15.2 Å². The quantitative estimate of drug-likeness (QED) is 0.375. The molecular weight excluding hydrogens is 448 g/mol. The fourth-order valence-corrected chi connectivity index (χ4v) is 3.69. The summed E-state index contributed by atoms with van der Waals surface area (Å²) in [7, 11) is 0. The molecule has 6 nitrogen and oxygen atoms in total. The Bertz CT molecular complexity index is 1070. The molecule has 0 bridgehead atoms. The standard InChI is InChI=1S/C19H13Cl2F3N2O4/c1-9-4-10(2-3-14(9)16(25-29)17(27)28)15-8-18(30-26-15,19(22,23)24)11-5-12(20)7-13(21)6-11/h2-7,29H,8H2,1H3,(H,27,28)/b25-16+. The summed E-state index contributed by atoms with van der Waals surface area (Å²) in [6.07, 6.45) is -5.48. The summed E-state index contributed by atoms with van der Waals surface area (Å²) in [5.74, 6) is -1.45. The third-order valence-corrected chi connectivity index (χ3v) is 5.07. The van der Waals surface area contributed by atoms with E-state index in [0.29, 0.717) is 5.56 Å². The summed E-state index contributed by atoms with van der Waals surface area (Å²) in [4.78, 5) is 16.1. The molecule has 1 aliphatic rings. The van der Waals surface area contributed by atoms with E-state index in [-0.39, 0.29) is 32.4 Å². The van der Waals surface area contributed by atoms with Crippen molar-refractivity contribution in [1.82, 2.24) is 0 Å². The lowest BCUT2D eigenvalue weighted by molar-refractivity contribution is -0.275. The van der Waals surface area contributed by atoms with E-state index in [1.165, 1.54) is 31.2 Å². The summed E-state index contributed by atoms with van der Waals surface area (Å²) < 4.78 is 42.1. The zero-order valence-corrected chi connectivity index (χ0v) is 16.7. The number of rotatable bonds is 4. The summed E-state index contributed by atoms with van der Waals surface area (Å²) in [5.41, 5.74) is -2.91. The van der Waals surface area contributed by atoms with E-state index in [2.05, 4.69) is 10.3 Å². The molecule has 2 aromatic rings. The van der Waals surface area contributed by atoms with Crippen LogP contribution in [0.4, 0.5) is 13.2 Å². The molecule has 1 unspecified atom stereocenters. The van der Waals surface area contributed by atoms with E-state index < -0.39 is 29.9 Å². The lowest BCUT2D eigenvalue weighted by atomic mass is 9.86. The molecule has 0 spiro atoms. The van der Waals surface area contributed by atoms with Gasteiger partial charge in [0, 0.05) is 27.6 Å². The van der Waals surface area contributed by atoms with Crippen molar-refractivity contribution in [2.45, 2.75) is 25.1 Å². The van der Waals surface area contributed by atoms with Crippen LogP contribution in [0.5, 0.6) is 0 Å². The van der Waals surface area contributed by atoms with Gasteiger partial charge in [0.2, 0.25) is 0 Å². The third kappa shape index (κ3) is 3.82. The number of alkyl halides is 3. The van der Waals surface area contributed by atoms with Gasteiger partial charge in [-0.05, 0) is 42.3 Å². The molecule has 11 heteroatoms. The summed E-state index contributed by atoms with van der Waals surface area (Å²) in [6, 6.07) is 7.66. The second kappa shape index (κ2) is 7.81. The van der Waals surface area contributed by atoms with Crippen molar-refractivity contribution in [1.29, 1.82) is 0 Å². The second-order valence-electron chi connectivity index (χ2n) is 6.57. The predicted octanol–water partition coefficient (Wildman–Crippen LogP) is 5.15. The molecule has 30 heavy (non-hydrogen) atoms. The van der Waals surface area contributed by atoms with E-state index in [9.17, 15) is 18.0 Å². The van der Waals surface area contributed by atoms with Crippen molar-refractivity contribution >= 4 is 40.6 Å². The van der Waals surface area contributed by atoms with Crippen LogP contribution in [-0.2, 0) is 15.2 Å². The number of aryl methyl sites for hydroxylation is 1. The van der Waals surface area contributed by atoms with Crippen molar-refractivity contribution in [2.75, 3.05) is 0 Å². The Kier molecular flexibility index (Phi) is 5.70. The number of benzene rings is 2. The molecule has 2 aromatic carbocycles. The van der Waals surface area contributed by atoms with Gasteiger partial charge in [-0.25, -0.2) is 4.79 Å². The highest BCUT2D eigenvalue weighted by Gasteiger charge is 2.62. The predicted molar refractivity (Wildman–Crippen MR) is 104 cm³/mol. The maximum atomic E-state index is 14.0. The fourth-order valence-electron chi connectivity index (χ4n) is 3.17. The maximum Gasteiger partial charge on any atom is 0.435 e. The fraction of sp³-hybridized carbons (Fsp3) is 0.211. The summed E-state index contributed by atoms with van der Waals surface area (Å²) in [6.45, 7) is 1.52. The van der Waals surface area contributed by atoms with Gasteiger partial charge in [-0.1, -0.05) is 45.6 Å². The van der Waals surface area contributed by atoms with Crippen LogP contribution in [0.1, 0.15) is 28.7 Å². The number of carbonyl (C=O) groups is 1. The average molecular weight is 461 g/mol. The lowest BCUT2D eigenvalue weighted by Crippen LogP contribution is -2.42. The first-order valence-corrected chi connectivity index (χ1v) is 9.09. The highest BCUT2D eigenvalue weighted by atomic mass is 35.5. The topological polar surface area (TPSA) is 91.5 Å². The Hall–Kier alpha value is -2.78. The van der Waals surface area contributed by atoms with Gasteiger partial charge in [0.15, 0.2) is 5.71 Å². The largest absolute Gasteiger partial charge is 0.476 e. The first-order valence-electron chi connectivity index (χ1n) is 8.33. The van der Waals surface area contributed by atoms with Crippen LogP contribution in [0.25, 0.3) is 0 Å². The van der Waals surface area contributed by atoms with Crippen LogP contribution in [0.15, 0.2) is 46.7 Å². The van der Waals surface area contributed by atoms with Crippen molar-refractivity contribution in [2.24, 2.45) is 10.3 Å². The molecule has 0 aliphatic carbocycles. The highest BCUT2D eigenvalue weighted by molar-refractivity contribution is 6.42. The molecule has 0 radical (unpaired) electrons. The summed E-state index contributed by atoms with van der Waals surface area (Å²) in [5, 5.41) is 24.4.